The van der Waals surface area contributed by atoms with Gasteiger partial charge in [0.2, 0.25) is 0 Å². The zero-order chi connectivity index (χ0) is 13.5. The van der Waals surface area contributed by atoms with Gasteiger partial charge in [0, 0.05) is 6.54 Å². The SMILES string of the molecule is CS[C@@]1(c2ccc3c(c2)OC(F)(F)O3)COCCN1. The number of hydrogen-bond donors (Lipinski definition) is 1. The Bertz CT molecular complexity index is 492. The third kappa shape index (κ3) is 2.26. The van der Waals surface area contributed by atoms with E-state index < -0.39 is 11.2 Å². The highest BCUT2D eigenvalue weighted by Gasteiger charge is 2.44. The molecule has 1 aromatic rings. The van der Waals surface area contributed by atoms with Crippen LogP contribution in [0.15, 0.2) is 18.2 Å². The van der Waals surface area contributed by atoms with Gasteiger partial charge in [-0.3, -0.25) is 5.32 Å². The summed E-state index contributed by atoms with van der Waals surface area (Å²) in [7, 11) is 0. The summed E-state index contributed by atoms with van der Waals surface area (Å²) >= 11 is 1.57. The molecular formula is C12H13F2NO3S. The monoisotopic (exact) mass is 289 g/mol. The van der Waals surface area contributed by atoms with Crippen LogP contribution in [0.5, 0.6) is 11.5 Å². The van der Waals surface area contributed by atoms with Crippen molar-refractivity contribution in [2.45, 2.75) is 11.2 Å². The van der Waals surface area contributed by atoms with Crippen molar-refractivity contribution in [3.63, 3.8) is 0 Å². The minimum absolute atomic E-state index is 0.0572. The van der Waals surface area contributed by atoms with Gasteiger partial charge in [-0.25, -0.2) is 0 Å². The molecule has 4 nitrogen and oxygen atoms in total. The van der Waals surface area contributed by atoms with Gasteiger partial charge in [0.05, 0.1) is 13.2 Å². The molecule has 104 valence electrons. The van der Waals surface area contributed by atoms with E-state index in [0.29, 0.717) is 19.8 Å². The van der Waals surface area contributed by atoms with Crippen LogP contribution >= 0.6 is 11.8 Å². The van der Waals surface area contributed by atoms with Crippen molar-refractivity contribution >= 4 is 11.8 Å². The molecule has 1 fully saturated rings. The molecule has 3 rings (SSSR count). The molecule has 1 atom stereocenters. The van der Waals surface area contributed by atoms with E-state index >= 15 is 0 Å². The largest absolute Gasteiger partial charge is 0.586 e. The van der Waals surface area contributed by atoms with Crippen molar-refractivity contribution in [2.75, 3.05) is 26.0 Å². The summed E-state index contributed by atoms with van der Waals surface area (Å²) in [5.74, 6) is 0.116. The lowest BCUT2D eigenvalue weighted by Gasteiger charge is -2.37. The fourth-order valence-electron chi connectivity index (χ4n) is 2.23. The van der Waals surface area contributed by atoms with Crippen molar-refractivity contribution < 1.29 is 23.0 Å². The highest BCUT2D eigenvalue weighted by molar-refractivity contribution is 7.99. The number of fused-ring (bicyclic) bond motifs is 1. The minimum atomic E-state index is -3.58. The lowest BCUT2D eigenvalue weighted by molar-refractivity contribution is -0.286. The maximum Gasteiger partial charge on any atom is 0.586 e. The van der Waals surface area contributed by atoms with Gasteiger partial charge in [0.25, 0.3) is 0 Å². The van der Waals surface area contributed by atoms with E-state index in [1.807, 2.05) is 6.26 Å². The Balaban J connectivity index is 1.94. The van der Waals surface area contributed by atoms with Gasteiger partial charge in [-0.05, 0) is 24.0 Å². The average molecular weight is 289 g/mol. The molecule has 2 heterocycles. The first-order valence-corrected chi connectivity index (χ1v) is 7.05. The molecule has 0 bridgehead atoms. The van der Waals surface area contributed by atoms with Crippen LogP contribution in [0.2, 0.25) is 0 Å². The van der Waals surface area contributed by atoms with Crippen LogP contribution in [0.4, 0.5) is 8.78 Å². The smallest absolute Gasteiger partial charge is 0.395 e. The van der Waals surface area contributed by atoms with Gasteiger partial charge in [0.1, 0.15) is 4.87 Å². The summed E-state index contributed by atoms with van der Waals surface area (Å²) in [6.07, 6.45) is -1.63. The number of alkyl halides is 2. The van der Waals surface area contributed by atoms with Gasteiger partial charge < -0.3 is 14.2 Å². The molecule has 2 aliphatic rings. The zero-order valence-electron chi connectivity index (χ0n) is 10.2. The first kappa shape index (κ1) is 13.0. The standard InChI is InChI=1S/C12H13F2NO3S/c1-19-11(7-16-5-4-15-11)8-2-3-9-10(6-8)18-12(13,14)17-9/h2-3,6,15H,4-5,7H2,1H3/t11-/m1/s1. The maximum absolute atomic E-state index is 13.0. The quantitative estimate of drug-likeness (QED) is 0.903. The van der Waals surface area contributed by atoms with Crippen LogP contribution in [-0.2, 0) is 9.61 Å². The van der Waals surface area contributed by atoms with Crippen LogP contribution in [0.25, 0.3) is 0 Å². The maximum atomic E-state index is 13.0. The van der Waals surface area contributed by atoms with Crippen molar-refractivity contribution in [3.8, 4) is 11.5 Å². The number of nitrogens with one attached hydrogen (secondary N) is 1. The highest BCUT2D eigenvalue weighted by atomic mass is 32.2. The average Bonchev–Trinajstić information content (AvgIpc) is 2.72. The molecule has 1 aromatic carbocycles. The molecule has 2 aliphatic heterocycles. The molecule has 0 radical (unpaired) electrons. The Morgan fingerprint density at radius 1 is 1.26 bits per heavy atom. The number of ether oxygens (including phenoxy) is 3. The second-order valence-electron chi connectivity index (χ2n) is 4.34. The van der Waals surface area contributed by atoms with E-state index in [2.05, 4.69) is 14.8 Å². The molecule has 0 saturated carbocycles. The Morgan fingerprint density at radius 2 is 2.05 bits per heavy atom. The molecular weight excluding hydrogens is 276 g/mol. The number of halogens is 2. The lowest BCUT2D eigenvalue weighted by atomic mass is 10.1. The second-order valence-corrected chi connectivity index (χ2v) is 5.44. The molecule has 0 aliphatic carbocycles. The molecule has 19 heavy (non-hydrogen) atoms. The first-order valence-electron chi connectivity index (χ1n) is 5.83. The van der Waals surface area contributed by atoms with Gasteiger partial charge >= 0.3 is 6.29 Å². The second kappa shape index (κ2) is 4.50. The Hall–Kier alpha value is -1.05. The fourth-order valence-corrected chi connectivity index (χ4v) is 3.04. The predicted octanol–water partition coefficient (Wildman–Crippen LogP) is 2.14. The number of benzene rings is 1. The summed E-state index contributed by atoms with van der Waals surface area (Å²) < 4.78 is 40.4. The third-order valence-electron chi connectivity index (χ3n) is 3.18. The zero-order valence-corrected chi connectivity index (χ0v) is 11.1. The third-order valence-corrected chi connectivity index (χ3v) is 4.37. The van der Waals surface area contributed by atoms with Gasteiger partial charge in [-0.2, -0.15) is 0 Å². The summed E-state index contributed by atoms with van der Waals surface area (Å²) in [4.78, 5) is -0.436. The van der Waals surface area contributed by atoms with Crippen molar-refractivity contribution in [1.29, 1.82) is 0 Å². The van der Waals surface area contributed by atoms with Crippen LogP contribution in [-0.4, -0.2) is 32.3 Å². The van der Waals surface area contributed by atoms with Gasteiger partial charge in [0.15, 0.2) is 11.5 Å². The summed E-state index contributed by atoms with van der Waals surface area (Å²) in [6, 6.07) is 4.83. The van der Waals surface area contributed by atoms with Crippen molar-refractivity contribution in [2.24, 2.45) is 0 Å². The van der Waals surface area contributed by atoms with Crippen molar-refractivity contribution in [3.05, 3.63) is 23.8 Å². The molecule has 1 saturated heterocycles. The molecule has 0 spiro atoms. The molecule has 0 unspecified atom stereocenters. The number of thioether (sulfide) groups is 1. The van der Waals surface area contributed by atoms with E-state index in [-0.39, 0.29) is 11.5 Å². The molecule has 7 heteroatoms. The number of morpholine rings is 1. The topological polar surface area (TPSA) is 39.7 Å². The Morgan fingerprint density at radius 3 is 2.74 bits per heavy atom. The van der Waals surface area contributed by atoms with E-state index in [9.17, 15) is 8.78 Å². The predicted molar refractivity (Wildman–Crippen MR) is 66.7 cm³/mol. The summed E-state index contributed by atoms with van der Waals surface area (Å²) in [6.45, 7) is 1.83. The van der Waals surface area contributed by atoms with Gasteiger partial charge in [-0.1, -0.05) is 6.07 Å². The Labute approximate surface area is 113 Å². The Kier molecular flexibility index (Phi) is 3.07. The van der Waals surface area contributed by atoms with Crippen LogP contribution < -0.4 is 14.8 Å². The normalized spacial score (nSPS) is 28.4. The van der Waals surface area contributed by atoms with E-state index in [0.717, 1.165) is 5.56 Å². The highest BCUT2D eigenvalue weighted by Crippen LogP contribution is 2.44. The number of hydrogen-bond acceptors (Lipinski definition) is 5. The first-order chi connectivity index (χ1) is 9.05. The van der Waals surface area contributed by atoms with Crippen LogP contribution in [0.3, 0.4) is 0 Å². The minimum Gasteiger partial charge on any atom is -0.395 e. The van der Waals surface area contributed by atoms with E-state index in [4.69, 9.17) is 4.74 Å². The van der Waals surface area contributed by atoms with Crippen LogP contribution in [0, 0.1) is 0 Å². The molecule has 1 N–H and O–H groups in total. The van der Waals surface area contributed by atoms with Gasteiger partial charge in [-0.15, -0.1) is 20.5 Å². The van der Waals surface area contributed by atoms with Crippen molar-refractivity contribution in [1.82, 2.24) is 5.32 Å². The summed E-state index contributed by atoms with van der Waals surface area (Å²) in [5.41, 5.74) is 0.833. The fraction of sp³-hybridized carbons (Fsp3) is 0.500. The molecule has 0 amide bonds. The molecule has 0 aromatic heterocycles. The van der Waals surface area contributed by atoms with E-state index in [1.54, 1.807) is 23.9 Å². The number of rotatable bonds is 2. The lowest BCUT2D eigenvalue weighted by Crippen LogP contribution is -2.49. The van der Waals surface area contributed by atoms with Crippen LogP contribution in [0.1, 0.15) is 5.56 Å². The summed E-state index contributed by atoms with van der Waals surface area (Å²) in [5, 5.41) is 3.36. The van der Waals surface area contributed by atoms with E-state index in [1.165, 1.54) is 6.07 Å².